The fraction of sp³-hybridized carbons (Fsp3) is 0.0455. The van der Waals surface area contributed by atoms with Crippen molar-refractivity contribution in [3.8, 4) is 11.3 Å². The molecule has 1 fully saturated rings. The Morgan fingerprint density at radius 2 is 1.79 bits per heavy atom. The second kappa shape index (κ2) is 9.09. The number of nitrogens with one attached hydrogen (secondary N) is 1. The van der Waals surface area contributed by atoms with Crippen LogP contribution in [0.4, 0.5) is 20.6 Å². The van der Waals surface area contributed by atoms with Crippen LogP contribution in [-0.2, 0) is 9.59 Å². The summed E-state index contributed by atoms with van der Waals surface area (Å²) in [7, 11) is 0. The van der Waals surface area contributed by atoms with Gasteiger partial charge in [0.15, 0.2) is 0 Å². The molecule has 0 bridgehead atoms. The number of furan rings is 1. The summed E-state index contributed by atoms with van der Waals surface area (Å²) in [6, 6.07) is 14.1. The zero-order valence-electron chi connectivity index (χ0n) is 16.7. The molecule has 0 aliphatic carbocycles. The molecule has 2 aromatic carbocycles. The van der Waals surface area contributed by atoms with Gasteiger partial charge in [-0.05, 0) is 60.3 Å². The maximum absolute atomic E-state index is 13.0. The number of hydrogen-bond donors (Lipinski definition) is 1. The van der Waals surface area contributed by atoms with Crippen molar-refractivity contribution < 1.29 is 28.1 Å². The summed E-state index contributed by atoms with van der Waals surface area (Å²) >= 11 is 0.671. The summed E-state index contributed by atoms with van der Waals surface area (Å²) in [6.07, 6.45) is 1.39. The molecule has 0 radical (unpaired) electrons. The second-order valence-corrected chi connectivity index (χ2v) is 7.82. The molecule has 2 heterocycles. The molecule has 166 valence electrons. The lowest BCUT2D eigenvalue weighted by Gasteiger charge is -2.12. The zero-order valence-corrected chi connectivity index (χ0v) is 17.5. The van der Waals surface area contributed by atoms with E-state index in [1.54, 1.807) is 12.1 Å². The Balaban J connectivity index is 1.43. The second-order valence-electron chi connectivity index (χ2n) is 6.83. The molecular formula is C22H14FN3O6S. The van der Waals surface area contributed by atoms with Crippen molar-refractivity contribution in [2.24, 2.45) is 0 Å². The molecule has 1 saturated heterocycles. The molecule has 1 aliphatic heterocycles. The highest BCUT2D eigenvalue weighted by Gasteiger charge is 2.36. The first-order valence-electron chi connectivity index (χ1n) is 9.45. The van der Waals surface area contributed by atoms with Crippen LogP contribution in [0.2, 0.25) is 0 Å². The number of imide groups is 1. The number of hydrogen-bond acceptors (Lipinski definition) is 7. The molecule has 33 heavy (non-hydrogen) atoms. The monoisotopic (exact) mass is 467 g/mol. The summed E-state index contributed by atoms with van der Waals surface area (Å²) in [6.45, 7) is -0.494. The predicted molar refractivity (Wildman–Crippen MR) is 119 cm³/mol. The third-order valence-corrected chi connectivity index (χ3v) is 5.47. The largest absolute Gasteiger partial charge is 0.457 e. The average molecular weight is 467 g/mol. The van der Waals surface area contributed by atoms with Gasteiger partial charge in [-0.1, -0.05) is 0 Å². The minimum absolute atomic E-state index is 0.0531. The van der Waals surface area contributed by atoms with Crippen molar-refractivity contribution in [3.63, 3.8) is 0 Å². The number of anilines is 1. The molecule has 1 aliphatic rings. The van der Waals surface area contributed by atoms with E-state index in [0.717, 1.165) is 4.90 Å². The molecule has 0 unspecified atom stereocenters. The van der Waals surface area contributed by atoms with Crippen molar-refractivity contribution >= 4 is 46.3 Å². The van der Waals surface area contributed by atoms with Gasteiger partial charge in [-0.15, -0.1) is 0 Å². The third-order valence-electron chi connectivity index (χ3n) is 4.57. The standard InChI is InChI=1S/C22H14FN3O6S/c23-14-3-5-15(6-4-14)24-20(27)12-25-21(28)19(33-22(25)29)11-17-9-10-18(32-17)13-1-7-16(8-2-13)26(30)31/h1-11H,12H2,(H,24,27)/b19-11-. The highest BCUT2D eigenvalue weighted by atomic mass is 32.2. The van der Waals surface area contributed by atoms with E-state index >= 15 is 0 Å². The van der Waals surface area contributed by atoms with E-state index in [0.29, 0.717) is 34.5 Å². The van der Waals surface area contributed by atoms with E-state index in [9.17, 15) is 28.9 Å². The molecule has 1 N–H and O–H groups in total. The molecule has 0 atom stereocenters. The average Bonchev–Trinajstić information content (AvgIpc) is 3.36. The van der Waals surface area contributed by atoms with E-state index in [-0.39, 0.29) is 10.6 Å². The van der Waals surface area contributed by atoms with Crippen LogP contribution < -0.4 is 5.32 Å². The number of amides is 3. The van der Waals surface area contributed by atoms with Crippen LogP contribution in [0.3, 0.4) is 0 Å². The molecule has 3 amide bonds. The number of nitro groups is 1. The Morgan fingerprint density at radius 1 is 1.09 bits per heavy atom. The molecule has 4 rings (SSSR count). The molecular weight excluding hydrogens is 453 g/mol. The van der Waals surface area contributed by atoms with Crippen LogP contribution in [-0.4, -0.2) is 33.4 Å². The maximum atomic E-state index is 13.0. The van der Waals surface area contributed by atoms with Crippen LogP contribution in [0.1, 0.15) is 5.76 Å². The number of carbonyl (C=O) groups excluding carboxylic acids is 3. The van der Waals surface area contributed by atoms with Gasteiger partial charge in [0.1, 0.15) is 23.9 Å². The third kappa shape index (κ3) is 4.99. The maximum Gasteiger partial charge on any atom is 0.294 e. The van der Waals surface area contributed by atoms with Gasteiger partial charge in [-0.25, -0.2) is 4.39 Å². The van der Waals surface area contributed by atoms with Crippen LogP contribution in [0.15, 0.2) is 70.0 Å². The van der Waals surface area contributed by atoms with E-state index in [1.165, 1.54) is 54.6 Å². The minimum atomic E-state index is -0.646. The van der Waals surface area contributed by atoms with Crippen molar-refractivity contribution in [1.29, 1.82) is 0 Å². The predicted octanol–water partition coefficient (Wildman–Crippen LogP) is 4.67. The Bertz CT molecular complexity index is 1280. The van der Waals surface area contributed by atoms with Crippen molar-refractivity contribution in [1.82, 2.24) is 4.90 Å². The zero-order chi connectivity index (χ0) is 23.5. The van der Waals surface area contributed by atoms with Crippen LogP contribution in [0.5, 0.6) is 0 Å². The normalized spacial score (nSPS) is 14.7. The van der Waals surface area contributed by atoms with Gasteiger partial charge in [-0.2, -0.15) is 0 Å². The first-order valence-corrected chi connectivity index (χ1v) is 10.3. The number of nitrogens with zero attached hydrogens (tertiary/aromatic N) is 2. The van der Waals surface area contributed by atoms with Gasteiger partial charge >= 0.3 is 0 Å². The topological polar surface area (TPSA) is 123 Å². The molecule has 9 nitrogen and oxygen atoms in total. The van der Waals surface area contributed by atoms with E-state index in [2.05, 4.69) is 5.32 Å². The highest BCUT2D eigenvalue weighted by molar-refractivity contribution is 8.18. The smallest absolute Gasteiger partial charge is 0.294 e. The molecule has 0 spiro atoms. The number of halogens is 1. The van der Waals surface area contributed by atoms with Crippen LogP contribution in [0.25, 0.3) is 17.4 Å². The van der Waals surface area contributed by atoms with Gasteiger partial charge in [0.25, 0.3) is 16.8 Å². The quantitative estimate of drug-likeness (QED) is 0.317. The fourth-order valence-electron chi connectivity index (χ4n) is 2.98. The summed E-state index contributed by atoms with van der Waals surface area (Å²) in [5, 5.41) is 12.7. The summed E-state index contributed by atoms with van der Waals surface area (Å²) in [4.78, 5) is 48.2. The number of non-ortho nitro benzene ring substituents is 1. The van der Waals surface area contributed by atoms with Gasteiger partial charge < -0.3 is 9.73 Å². The number of rotatable bonds is 6. The van der Waals surface area contributed by atoms with E-state index < -0.39 is 34.3 Å². The lowest BCUT2D eigenvalue weighted by molar-refractivity contribution is -0.384. The SMILES string of the molecule is O=C(CN1C(=O)S/C(=C\c2ccc(-c3ccc([N+](=O)[O-])cc3)o2)C1=O)Nc1ccc(F)cc1. The summed E-state index contributed by atoms with van der Waals surface area (Å²) < 4.78 is 18.6. The number of thioether (sulfide) groups is 1. The highest BCUT2D eigenvalue weighted by Crippen LogP contribution is 2.33. The van der Waals surface area contributed by atoms with Gasteiger partial charge in [-0.3, -0.25) is 29.4 Å². The fourth-order valence-corrected chi connectivity index (χ4v) is 3.79. The number of nitro benzene ring substituents is 1. The Kier molecular flexibility index (Phi) is 6.05. The Morgan fingerprint density at radius 3 is 2.45 bits per heavy atom. The van der Waals surface area contributed by atoms with Gasteiger partial charge in [0.2, 0.25) is 5.91 Å². The van der Waals surface area contributed by atoms with Crippen molar-refractivity contribution in [2.45, 2.75) is 0 Å². The first-order chi connectivity index (χ1) is 15.8. The van der Waals surface area contributed by atoms with Gasteiger partial charge in [0, 0.05) is 29.5 Å². The minimum Gasteiger partial charge on any atom is -0.457 e. The molecule has 11 heteroatoms. The van der Waals surface area contributed by atoms with Crippen molar-refractivity contribution in [2.75, 3.05) is 11.9 Å². The molecule has 3 aromatic rings. The molecule has 0 saturated carbocycles. The Labute approximate surface area is 190 Å². The lowest BCUT2D eigenvalue weighted by atomic mass is 10.1. The first kappa shape index (κ1) is 22.0. The van der Waals surface area contributed by atoms with Crippen LogP contribution >= 0.6 is 11.8 Å². The van der Waals surface area contributed by atoms with E-state index in [4.69, 9.17) is 4.42 Å². The van der Waals surface area contributed by atoms with Crippen molar-refractivity contribution in [3.05, 3.63) is 87.3 Å². The number of carbonyl (C=O) groups is 3. The van der Waals surface area contributed by atoms with Crippen LogP contribution in [0, 0.1) is 15.9 Å². The summed E-state index contributed by atoms with van der Waals surface area (Å²) in [5.74, 6) is -0.992. The lowest BCUT2D eigenvalue weighted by Crippen LogP contribution is -2.36. The Hall–Kier alpha value is -4.25. The van der Waals surface area contributed by atoms with Gasteiger partial charge in [0.05, 0.1) is 9.83 Å². The number of benzene rings is 2. The summed E-state index contributed by atoms with van der Waals surface area (Å²) in [5.41, 5.74) is 0.881. The van der Waals surface area contributed by atoms with E-state index in [1.807, 2.05) is 0 Å². The molecule has 1 aromatic heterocycles.